The maximum Gasteiger partial charge on any atom is 0.257 e. The number of carbonyl (C=O) groups is 1. The minimum absolute atomic E-state index is 0.00920. The molecule has 0 radical (unpaired) electrons. The van der Waals surface area contributed by atoms with Crippen LogP contribution in [0.25, 0.3) is 0 Å². The highest BCUT2D eigenvalue weighted by Gasteiger charge is 2.65. The fourth-order valence-electron chi connectivity index (χ4n) is 6.27. The molecule has 6 heteroatoms. The van der Waals surface area contributed by atoms with Crippen LogP contribution >= 0.6 is 12.2 Å². The van der Waals surface area contributed by atoms with E-state index in [2.05, 4.69) is 28.8 Å². The molecule has 3 fully saturated rings. The van der Waals surface area contributed by atoms with Crippen LogP contribution in [-0.4, -0.2) is 30.8 Å². The highest BCUT2D eigenvalue weighted by Crippen LogP contribution is 2.59. The Morgan fingerprint density at radius 2 is 1.93 bits per heavy atom. The Bertz CT molecular complexity index is 827. The first-order valence-corrected chi connectivity index (χ1v) is 11.4. The van der Waals surface area contributed by atoms with E-state index in [-0.39, 0.29) is 17.4 Å². The Morgan fingerprint density at radius 1 is 1.17 bits per heavy atom. The molecule has 4 aliphatic rings. The molecule has 1 aliphatic heterocycles. The Hall–Kier alpha value is -1.66. The SMILES string of the molecule is COC1CCC2(CC1)Cc1ccc(OCC3CCCC3)cc1C21NC(=S)NC1=O. The minimum Gasteiger partial charge on any atom is -0.493 e. The van der Waals surface area contributed by atoms with Gasteiger partial charge in [-0.2, -0.15) is 0 Å². The van der Waals surface area contributed by atoms with Gasteiger partial charge in [-0.1, -0.05) is 18.9 Å². The highest BCUT2D eigenvalue weighted by molar-refractivity contribution is 7.80. The number of thiocarbonyl (C=S) groups is 1. The van der Waals surface area contributed by atoms with Gasteiger partial charge >= 0.3 is 0 Å². The molecule has 1 heterocycles. The quantitative estimate of drug-likeness (QED) is 0.738. The van der Waals surface area contributed by atoms with Gasteiger partial charge in [-0.15, -0.1) is 0 Å². The topological polar surface area (TPSA) is 59.6 Å². The first-order chi connectivity index (χ1) is 14.1. The van der Waals surface area contributed by atoms with Crippen molar-refractivity contribution in [1.82, 2.24) is 10.6 Å². The fraction of sp³-hybridized carbons (Fsp3) is 0.652. The van der Waals surface area contributed by atoms with E-state index < -0.39 is 5.54 Å². The van der Waals surface area contributed by atoms with Gasteiger partial charge in [0.15, 0.2) is 10.7 Å². The number of fused-ring (bicyclic) bond motifs is 3. The minimum atomic E-state index is -0.787. The smallest absolute Gasteiger partial charge is 0.257 e. The van der Waals surface area contributed by atoms with Crippen LogP contribution in [-0.2, 0) is 21.5 Å². The molecule has 3 aliphatic carbocycles. The highest BCUT2D eigenvalue weighted by atomic mass is 32.1. The number of hydrogen-bond acceptors (Lipinski definition) is 4. The van der Waals surface area contributed by atoms with Gasteiger partial charge in [0, 0.05) is 12.5 Å². The van der Waals surface area contributed by atoms with Crippen molar-refractivity contribution < 1.29 is 14.3 Å². The van der Waals surface area contributed by atoms with E-state index in [1.807, 2.05) is 0 Å². The van der Waals surface area contributed by atoms with Crippen molar-refractivity contribution in [3.05, 3.63) is 29.3 Å². The van der Waals surface area contributed by atoms with Crippen molar-refractivity contribution in [2.75, 3.05) is 13.7 Å². The Labute approximate surface area is 177 Å². The third kappa shape index (κ3) is 2.98. The van der Waals surface area contributed by atoms with E-state index in [9.17, 15) is 4.79 Å². The Kier molecular flexibility index (Phi) is 4.82. The summed E-state index contributed by atoms with van der Waals surface area (Å²) < 4.78 is 11.8. The van der Waals surface area contributed by atoms with Crippen LogP contribution in [0.4, 0.5) is 0 Å². The van der Waals surface area contributed by atoms with Crippen molar-refractivity contribution in [2.24, 2.45) is 11.3 Å². The number of methoxy groups -OCH3 is 1. The van der Waals surface area contributed by atoms with E-state index in [0.717, 1.165) is 50.0 Å². The Balaban J connectivity index is 1.48. The van der Waals surface area contributed by atoms with Crippen molar-refractivity contribution in [1.29, 1.82) is 0 Å². The van der Waals surface area contributed by atoms with E-state index in [0.29, 0.717) is 11.0 Å². The van der Waals surface area contributed by atoms with Crippen LogP contribution in [0.1, 0.15) is 62.5 Å². The van der Waals surface area contributed by atoms with Crippen LogP contribution in [0.15, 0.2) is 18.2 Å². The van der Waals surface area contributed by atoms with Gasteiger partial charge in [0.25, 0.3) is 5.91 Å². The number of amides is 1. The molecule has 5 nitrogen and oxygen atoms in total. The zero-order chi connectivity index (χ0) is 20.1. The first-order valence-electron chi connectivity index (χ1n) is 11.0. The normalized spacial score (nSPS) is 33.9. The zero-order valence-corrected chi connectivity index (χ0v) is 17.9. The van der Waals surface area contributed by atoms with Crippen molar-refractivity contribution in [3.63, 3.8) is 0 Å². The lowest BCUT2D eigenvalue weighted by Crippen LogP contribution is -2.56. The first kappa shape index (κ1) is 19.3. The van der Waals surface area contributed by atoms with Gasteiger partial charge in [-0.3, -0.25) is 4.79 Å². The van der Waals surface area contributed by atoms with E-state index in [1.54, 1.807) is 7.11 Å². The number of benzene rings is 1. The summed E-state index contributed by atoms with van der Waals surface area (Å²) in [6.07, 6.45) is 10.2. The summed E-state index contributed by atoms with van der Waals surface area (Å²) >= 11 is 5.39. The van der Waals surface area contributed by atoms with Gasteiger partial charge in [0.2, 0.25) is 0 Å². The molecule has 2 spiro atoms. The molecule has 1 aromatic carbocycles. The average Bonchev–Trinajstić information content (AvgIpc) is 3.41. The number of nitrogens with one attached hydrogen (secondary N) is 2. The summed E-state index contributed by atoms with van der Waals surface area (Å²) in [4.78, 5) is 13.3. The predicted octanol–water partition coefficient (Wildman–Crippen LogP) is 3.59. The second-order valence-electron chi connectivity index (χ2n) is 9.33. The zero-order valence-electron chi connectivity index (χ0n) is 17.1. The van der Waals surface area contributed by atoms with Crippen molar-refractivity contribution >= 4 is 23.2 Å². The molecule has 29 heavy (non-hydrogen) atoms. The molecule has 2 N–H and O–H groups in total. The number of rotatable bonds is 4. The van der Waals surface area contributed by atoms with Crippen LogP contribution in [0.2, 0.25) is 0 Å². The summed E-state index contributed by atoms with van der Waals surface area (Å²) in [6, 6.07) is 6.34. The van der Waals surface area contributed by atoms with Crippen molar-refractivity contribution in [2.45, 2.75) is 69.4 Å². The van der Waals surface area contributed by atoms with Crippen LogP contribution < -0.4 is 15.4 Å². The Morgan fingerprint density at radius 3 is 2.59 bits per heavy atom. The molecular weight excluding hydrogens is 384 g/mol. The lowest BCUT2D eigenvalue weighted by Gasteiger charge is -2.46. The molecule has 156 valence electrons. The fourth-order valence-corrected chi connectivity index (χ4v) is 6.52. The summed E-state index contributed by atoms with van der Waals surface area (Å²) in [5.41, 5.74) is 1.33. The number of ether oxygens (including phenoxy) is 2. The monoisotopic (exact) mass is 414 g/mol. The second-order valence-corrected chi connectivity index (χ2v) is 9.74. The lowest BCUT2D eigenvalue weighted by atomic mass is 9.61. The van der Waals surface area contributed by atoms with Crippen molar-refractivity contribution in [3.8, 4) is 5.75 Å². The molecule has 1 amide bonds. The molecule has 0 aromatic heterocycles. The number of carbonyl (C=O) groups excluding carboxylic acids is 1. The summed E-state index contributed by atoms with van der Waals surface area (Å²) in [6.45, 7) is 0.768. The maximum absolute atomic E-state index is 13.3. The molecule has 0 bridgehead atoms. The molecule has 1 unspecified atom stereocenters. The van der Waals surface area contributed by atoms with Crippen LogP contribution in [0.3, 0.4) is 0 Å². The van der Waals surface area contributed by atoms with Gasteiger partial charge in [0.1, 0.15) is 5.75 Å². The lowest BCUT2D eigenvalue weighted by molar-refractivity contribution is -0.131. The summed E-state index contributed by atoms with van der Waals surface area (Å²) in [7, 11) is 1.78. The van der Waals surface area contributed by atoms with Crippen LogP contribution in [0.5, 0.6) is 5.75 Å². The molecule has 5 rings (SSSR count). The van der Waals surface area contributed by atoms with Gasteiger partial charge in [-0.25, -0.2) is 0 Å². The summed E-state index contributed by atoms with van der Waals surface area (Å²) in [5, 5.41) is 6.76. The van der Waals surface area contributed by atoms with E-state index in [1.165, 1.54) is 31.2 Å². The average molecular weight is 415 g/mol. The second kappa shape index (κ2) is 7.24. The third-order valence-electron chi connectivity index (χ3n) is 7.86. The molecule has 1 saturated heterocycles. The van der Waals surface area contributed by atoms with Gasteiger partial charge in [-0.05, 0) is 86.3 Å². The van der Waals surface area contributed by atoms with Gasteiger partial charge in [0.05, 0.1) is 12.7 Å². The van der Waals surface area contributed by atoms with Gasteiger partial charge < -0.3 is 20.1 Å². The van der Waals surface area contributed by atoms with E-state index in [4.69, 9.17) is 21.7 Å². The van der Waals surface area contributed by atoms with Crippen LogP contribution in [0, 0.1) is 11.3 Å². The molecule has 1 aromatic rings. The molecule has 2 saturated carbocycles. The predicted molar refractivity (Wildman–Crippen MR) is 115 cm³/mol. The molecule has 1 atom stereocenters. The third-order valence-corrected chi connectivity index (χ3v) is 8.07. The largest absolute Gasteiger partial charge is 0.493 e. The van der Waals surface area contributed by atoms with E-state index >= 15 is 0 Å². The summed E-state index contributed by atoms with van der Waals surface area (Å²) in [5.74, 6) is 1.52. The maximum atomic E-state index is 13.3. The standard InChI is InChI=1S/C23H30N2O3S/c1-27-17-8-10-22(11-9-17)13-16-6-7-18(28-14-15-4-2-3-5-15)12-19(16)23(22)20(26)24-21(29)25-23/h6-7,12,15,17H,2-5,8-11,13-14H2,1H3,(H2,24,25,26,29). The molecular formula is C23H30N2O3S. The number of hydrogen-bond donors (Lipinski definition) is 2.